The Morgan fingerprint density at radius 3 is 2.79 bits per heavy atom. The van der Waals surface area contributed by atoms with Crippen molar-refractivity contribution >= 4 is 28.9 Å². The van der Waals surface area contributed by atoms with E-state index in [4.69, 9.17) is 11.6 Å². The Bertz CT molecular complexity index is 689. The number of nitrogens with one attached hydrogen (secondary N) is 1. The minimum absolute atomic E-state index is 0.410. The normalized spacial score (nSPS) is 12.0. The fourth-order valence-electron chi connectivity index (χ4n) is 2.66. The summed E-state index contributed by atoms with van der Waals surface area (Å²) in [6, 6.07) is 4.02. The topological polar surface area (TPSA) is 45.5 Å². The summed E-state index contributed by atoms with van der Waals surface area (Å²) in [6.07, 6.45) is 3.03. The largest absolute Gasteiger partial charge is 0.356 e. The molecule has 132 valence electrons. The second-order valence-corrected chi connectivity index (χ2v) is 7.95. The molecule has 2 heterocycles. The lowest BCUT2D eigenvalue weighted by Gasteiger charge is -2.22. The molecule has 0 aliphatic rings. The van der Waals surface area contributed by atoms with Gasteiger partial charge < -0.3 is 10.2 Å². The van der Waals surface area contributed by atoms with Crippen LogP contribution in [0.5, 0.6) is 0 Å². The van der Waals surface area contributed by atoms with E-state index in [9.17, 15) is 0 Å². The summed E-state index contributed by atoms with van der Waals surface area (Å²) in [7, 11) is 5.83. The number of thiophene rings is 1. The molecule has 0 spiro atoms. The molecule has 0 fully saturated rings. The highest BCUT2D eigenvalue weighted by Gasteiger charge is 2.15. The van der Waals surface area contributed by atoms with Crippen LogP contribution in [0, 0.1) is 0 Å². The lowest BCUT2D eigenvalue weighted by molar-refractivity contribution is 0.474. The predicted octanol–water partition coefficient (Wildman–Crippen LogP) is 3.51. The summed E-state index contributed by atoms with van der Waals surface area (Å²) in [5.74, 6) is 1.30. The Kier molecular flexibility index (Phi) is 6.69. The standard InChI is InChI=1S/C17H26ClN5S/c1-12(2)16-13(11-23(5)21-16)10-22(4)17(19-3)20-9-8-14-6-7-15(18)24-14/h6-7,11-12H,8-10H2,1-5H3,(H,19,20). The molecular weight excluding hydrogens is 342 g/mol. The van der Waals surface area contributed by atoms with Gasteiger partial charge in [-0.3, -0.25) is 9.67 Å². The summed E-state index contributed by atoms with van der Waals surface area (Å²) in [4.78, 5) is 7.79. The molecule has 0 aromatic carbocycles. The van der Waals surface area contributed by atoms with Gasteiger partial charge in [0, 0.05) is 50.9 Å². The second kappa shape index (κ2) is 8.53. The SMILES string of the molecule is CN=C(NCCc1ccc(Cl)s1)N(C)Cc1cn(C)nc1C(C)C. The van der Waals surface area contributed by atoms with Crippen molar-refractivity contribution < 1.29 is 0 Å². The summed E-state index contributed by atoms with van der Waals surface area (Å²) in [5.41, 5.74) is 2.39. The third kappa shape index (κ3) is 4.98. The second-order valence-electron chi connectivity index (χ2n) is 6.15. The van der Waals surface area contributed by atoms with Gasteiger partial charge in [-0.05, 0) is 24.5 Å². The van der Waals surface area contributed by atoms with E-state index >= 15 is 0 Å². The number of aryl methyl sites for hydroxylation is 1. The average Bonchev–Trinajstić information content (AvgIpc) is 3.09. The van der Waals surface area contributed by atoms with Crippen LogP contribution in [0.25, 0.3) is 0 Å². The molecule has 0 aliphatic carbocycles. The van der Waals surface area contributed by atoms with Gasteiger partial charge in [0.25, 0.3) is 0 Å². The maximum absolute atomic E-state index is 5.97. The van der Waals surface area contributed by atoms with Gasteiger partial charge in [-0.1, -0.05) is 25.4 Å². The average molecular weight is 368 g/mol. The molecule has 1 N–H and O–H groups in total. The van der Waals surface area contributed by atoms with Crippen molar-refractivity contribution in [3.63, 3.8) is 0 Å². The number of rotatable bonds is 6. The lowest BCUT2D eigenvalue weighted by Crippen LogP contribution is -2.39. The highest BCUT2D eigenvalue weighted by Crippen LogP contribution is 2.21. The third-order valence-corrected chi connectivity index (χ3v) is 5.04. The van der Waals surface area contributed by atoms with Crippen molar-refractivity contribution in [1.82, 2.24) is 20.0 Å². The number of aromatic nitrogens is 2. The molecule has 0 aliphatic heterocycles. The van der Waals surface area contributed by atoms with E-state index in [-0.39, 0.29) is 0 Å². The molecule has 2 rings (SSSR count). The van der Waals surface area contributed by atoms with Crippen LogP contribution in [0.15, 0.2) is 23.3 Å². The first kappa shape index (κ1) is 18.8. The van der Waals surface area contributed by atoms with Crippen LogP contribution in [-0.2, 0) is 20.0 Å². The molecule has 24 heavy (non-hydrogen) atoms. The number of hydrogen-bond acceptors (Lipinski definition) is 3. The fourth-order valence-corrected chi connectivity index (χ4v) is 3.75. The van der Waals surface area contributed by atoms with Crippen LogP contribution in [0.3, 0.4) is 0 Å². The highest BCUT2D eigenvalue weighted by atomic mass is 35.5. The molecule has 2 aromatic rings. The Hall–Kier alpha value is -1.53. The number of halogens is 1. The molecule has 0 radical (unpaired) electrons. The van der Waals surface area contributed by atoms with Crippen LogP contribution in [0.2, 0.25) is 4.34 Å². The van der Waals surface area contributed by atoms with Gasteiger partial charge in [-0.25, -0.2) is 0 Å². The molecule has 0 saturated heterocycles. The van der Waals surface area contributed by atoms with Crippen LogP contribution in [0.4, 0.5) is 0 Å². The van der Waals surface area contributed by atoms with E-state index in [2.05, 4.69) is 53.5 Å². The molecular formula is C17H26ClN5S. The monoisotopic (exact) mass is 367 g/mol. The van der Waals surface area contributed by atoms with E-state index in [0.717, 1.165) is 35.5 Å². The van der Waals surface area contributed by atoms with E-state index < -0.39 is 0 Å². The van der Waals surface area contributed by atoms with Crippen LogP contribution in [0.1, 0.15) is 35.9 Å². The molecule has 0 unspecified atom stereocenters. The fraction of sp³-hybridized carbons (Fsp3) is 0.529. The zero-order valence-corrected chi connectivity index (χ0v) is 16.6. The van der Waals surface area contributed by atoms with E-state index in [0.29, 0.717) is 5.92 Å². The Balaban J connectivity index is 1.93. The van der Waals surface area contributed by atoms with Crippen LogP contribution in [-0.4, -0.2) is 41.3 Å². The van der Waals surface area contributed by atoms with Crippen molar-refractivity contribution in [1.29, 1.82) is 0 Å². The summed E-state index contributed by atoms with van der Waals surface area (Å²) in [6.45, 7) is 5.96. The Morgan fingerprint density at radius 1 is 1.46 bits per heavy atom. The first-order chi connectivity index (χ1) is 11.4. The smallest absolute Gasteiger partial charge is 0.193 e. The van der Waals surface area contributed by atoms with Gasteiger partial charge in [-0.15, -0.1) is 11.3 Å². The quantitative estimate of drug-likeness (QED) is 0.627. The first-order valence-electron chi connectivity index (χ1n) is 8.09. The molecule has 5 nitrogen and oxygen atoms in total. The number of aliphatic imine (C=N–C) groups is 1. The van der Waals surface area contributed by atoms with Crippen LogP contribution >= 0.6 is 22.9 Å². The van der Waals surface area contributed by atoms with Gasteiger partial charge in [0.1, 0.15) is 0 Å². The van der Waals surface area contributed by atoms with Gasteiger partial charge in [0.05, 0.1) is 10.0 Å². The summed E-state index contributed by atoms with van der Waals surface area (Å²) >= 11 is 7.60. The summed E-state index contributed by atoms with van der Waals surface area (Å²) in [5, 5.41) is 7.99. The van der Waals surface area contributed by atoms with Crippen LogP contribution < -0.4 is 5.32 Å². The maximum atomic E-state index is 5.97. The number of nitrogens with zero attached hydrogens (tertiary/aromatic N) is 4. The minimum atomic E-state index is 0.410. The van der Waals surface area contributed by atoms with Gasteiger partial charge in [-0.2, -0.15) is 5.10 Å². The Morgan fingerprint density at radius 2 is 2.21 bits per heavy atom. The van der Waals surface area contributed by atoms with Crippen molar-refractivity contribution in [3.8, 4) is 0 Å². The van der Waals surface area contributed by atoms with Gasteiger partial charge >= 0.3 is 0 Å². The lowest BCUT2D eigenvalue weighted by atomic mass is 10.1. The van der Waals surface area contributed by atoms with Crippen molar-refractivity contribution in [2.45, 2.75) is 32.7 Å². The highest BCUT2D eigenvalue weighted by molar-refractivity contribution is 7.16. The summed E-state index contributed by atoms with van der Waals surface area (Å²) < 4.78 is 2.72. The maximum Gasteiger partial charge on any atom is 0.193 e. The number of hydrogen-bond donors (Lipinski definition) is 1. The third-order valence-electron chi connectivity index (χ3n) is 3.75. The van der Waals surface area contributed by atoms with E-state index in [1.54, 1.807) is 11.3 Å². The Labute approximate surface area is 153 Å². The molecule has 0 saturated carbocycles. The molecule has 0 atom stereocenters. The van der Waals surface area contributed by atoms with Crippen molar-refractivity contribution in [2.75, 3.05) is 20.6 Å². The predicted molar refractivity (Wildman–Crippen MR) is 103 cm³/mol. The molecule has 0 amide bonds. The minimum Gasteiger partial charge on any atom is -0.356 e. The molecule has 2 aromatic heterocycles. The van der Waals surface area contributed by atoms with Crippen molar-refractivity contribution in [3.05, 3.63) is 38.8 Å². The molecule has 0 bridgehead atoms. The zero-order chi connectivity index (χ0) is 17.7. The van der Waals surface area contributed by atoms with E-state index in [1.165, 1.54) is 10.4 Å². The van der Waals surface area contributed by atoms with E-state index in [1.807, 2.05) is 24.8 Å². The van der Waals surface area contributed by atoms with Gasteiger partial charge in [0.2, 0.25) is 0 Å². The zero-order valence-electron chi connectivity index (χ0n) is 15.0. The van der Waals surface area contributed by atoms with Gasteiger partial charge in [0.15, 0.2) is 5.96 Å². The molecule has 7 heteroatoms. The van der Waals surface area contributed by atoms with Crippen molar-refractivity contribution in [2.24, 2.45) is 12.0 Å². The first-order valence-corrected chi connectivity index (χ1v) is 9.28. The number of guanidine groups is 1.